The maximum atomic E-state index is 14.7. The number of hydrogen-bond donors (Lipinski definition) is 2. The van der Waals surface area contributed by atoms with Crippen LogP contribution in [0.3, 0.4) is 0 Å². The molecule has 31 heavy (non-hydrogen) atoms. The minimum atomic E-state index is -0.498. The van der Waals surface area contributed by atoms with Gasteiger partial charge in [0.2, 0.25) is 0 Å². The van der Waals surface area contributed by atoms with Crippen molar-refractivity contribution in [2.75, 3.05) is 5.32 Å². The monoisotopic (exact) mass is 503 g/mol. The van der Waals surface area contributed by atoms with Crippen molar-refractivity contribution in [2.45, 2.75) is 31.6 Å². The molecule has 2 aromatic heterocycles. The van der Waals surface area contributed by atoms with E-state index in [1.54, 1.807) is 18.2 Å². The van der Waals surface area contributed by atoms with Gasteiger partial charge in [-0.05, 0) is 66.5 Å². The first-order chi connectivity index (χ1) is 14.8. The summed E-state index contributed by atoms with van der Waals surface area (Å²) < 4.78 is 20.8. The van der Waals surface area contributed by atoms with Crippen LogP contribution in [-0.4, -0.2) is 21.2 Å². The van der Waals surface area contributed by atoms with Crippen molar-refractivity contribution >= 4 is 44.5 Å². The summed E-state index contributed by atoms with van der Waals surface area (Å²) in [6.45, 7) is 3.72. The molecule has 0 aliphatic carbocycles. The molecule has 4 rings (SSSR count). The zero-order valence-corrected chi connectivity index (χ0v) is 19.1. The first-order valence-corrected chi connectivity index (χ1v) is 11.1. The minimum Gasteiger partial charge on any atom is -0.379 e. The van der Waals surface area contributed by atoms with E-state index in [-0.39, 0.29) is 16.9 Å². The molecule has 0 bridgehead atoms. The van der Waals surface area contributed by atoms with Crippen molar-refractivity contribution in [3.05, 3.63) is 75.1 Å². The highest BCUT2D eigenvalue weighted by Gasteiger charge is 2.31. The number of aryl methyl sites for hydroxylation is 2. The van der Waals surface area contributed by atoms with E-state index in [4.69, 9.17) is 10.3 Å². The van der Waals surface area contributed by atoms with Crippen molar-refractivity contribution in [1.29, 1.82) is 0 Å². The van der Waals surface area contributed by atoms with E-state index < -0.39 is 11.9 Å². The maximum Gasteiger partial charge on any atom is 0.274 e. The van der Waals surface area contributed by atoms with Crippen LogP contribution in [0.5, 0.6) is 0 Å². The van der Waals surface area contributed by atoms with Gasteiger partial charge in [0, 0.05) is 32.7 Å². The summed E-state index contributed by atoms with van der Waals surface area (Å²) in [5, 5.41) is 7.09. The van der Waals surface area contributed by atoms with Gasteiger partial charge in [-0.15, -0.1) is 0 Å². The number of pyridine rings is 1. The molecule has 0 radical (unpaired) electrons. The largest absolute Gasteiger partial charge is 0.379 e. The molecule has 0 fully saturated rings. The lowest BCUT2D eigenvalue weighted by Crippen LogP contribution is -2.20. The topological polar surface area (TPSA) is 106 Å². The highest BCUT2D eigenvalue weighted by molar-refractivity contribution is 9.10. The van der Waals surface area contributed by atoms with Crippen LogP contribution in [0, 0.1) is 19.7 Å². The zero-order chi connectivity index (χ0) is 22.1. The van der Waals surface area contributed by atoms with Gasteiger partial charge in [0.1, 0.15) is 17.3 Å². The summed E-state index contributed by atoms with van der Waals surface area (Å²) in [6, 6.07) is 7.24. The van der Waals surface area contributed by atoms with E-state index in [0.29, 0.717) is 28.6 Å². The number of nitrogens with zero attached hydrogens (tertiary/aromatic N) is 3. The molecule has 2 atom stereocenters. The Bertz CT molecular complexity index is 1150. The average molecular weight is 504 g/mol. The number of amides is 1. The lowest BCUT2D eigenvalue weighted by Gasteiger charge is -2.26. The first kappa shape index (κ1) is 21.5. The summed E-state index contributed by atoms with van der Waals surface area (Å²) in [5.74, 6) is -0.0847. The number of nitrogens with one attached hydrogen (secondary N) is 1. The highest BCUT2D eigenvalue weighted by Crippen LogP contribution is 2.45. The third-order valence-corrected chi connectivity index (χ3v) is 6.50. The van der Waals surface area contributed by atoms with Gasteiger partial charge in [-0.1, -0.05) is 16.9 Å². The molecule has 0 saturated carbocycles. The van der Waals surface area contributed by atoms with Crippen molar-refractivity contribution < 1.29 is 13.7 Å². The Morgan fingerprint density at radius 1 is 1.32 bits per heavy atom. The van der Waals surface area contributed by atoms with Gasteiger partial charge in [0.25, 0.3) is 5.91 Å². The third kappa shape index (κ3) is 4.64. The molecule has 1 aromatic carbocycles. The fourth-order valence-electron chi connectivity index (χ4n) is 3.54. The Hall–Kier alpha value is -2.72. The number of anilines is 1. The van der Waals surface area contributed by atoms with Gasteiger partial charge in [-0.2, -0.15) is 0 Å². The van der Waals surface area contributed by atoms with Crippen LogP contribution in [-0.2, 0) is 0 Å². The second-order valence-electron chi connectivity index (χ2n) is 7.12. The summed E-state index contributed by atoms with van der Waals surface area (Å²) >= 11 is 4.70. The summed E-state index contributed by atoms with van der Waals surface area (Å²) in [4.78, 5) is 21.0. The van der Waals surface area contributed by atoms with E-state index >= 15 is 0 Å². The Balaban J connectivity index is 1.59. The number of aliphatic imine (C=N–C) groups is 1. The number of nitrogens with two attached hydrogens (primary N) is 1. The Labute approximate surface area is 190 Å². The minimum absolute atomic E-state index is 0.0571. The number of thioether (sulfide) groups is 1. The Morgan fingerprint density at radius 2 is 2.13 bits per heavy atom. The van der Waals surface area contributed by atoms with Crippen LogP contribution in [0.25, 0.3) is 0 Å². The molecule has 3 N–H and O–H groups in total. The SMILES string of the molecule is Cc1noc(C)c1C1CC(c2cc(NC(=O)c3ccc(Br)cn3)ccc2F)N=C(N)S1. The second kappa shape index (κ2) is 8.80. The van der Waals surface area contributed by atoms with E-state index in [0.717, 1.165) is 15.7 Å². The molecule has 2 unspecified atom stereocenters. The molecule has 1 aliphatic rings. The standard InChI is InChI=1S/C21H19BrFN5O2S/c1-10-19(11(2)30-28-10)18-8-17(27-21(24)31-18)14-7-13(4-5-15(14)23)26-20(29)16-6-3-12(22)9-25-16/h3-7,9,17-18H,8H2,1-2H3,(H2,24,27)(H,26,29). The van der Waals surface area contributed by atoms with Crippen molar-refractivity contribution in [1.82, 2.24) is 10.1 Å². The van der Waals surface area contributed by atoms with Gasteiger partial charge < -0.3 is 15.6 Å². The number of carbonyl (C=O) groups excluding carboxylic acids is 1. The zero-order valence-electron chi connectivity index (χ0n) is 16.7. The smallest absolute Gasteiger partial charge is 0.274 e. The highest BCUT2D eigenvalue weighted by atomic mass is 79.9. The Morgan fingerprint density at radius 3 is 2.81 bits per heavy atom. The molecule has 3 aromatic rings. The van der Waals surface area contributed by atoms with Crippen molar-refractivity contribution in [3.63, 3.8) is 0 Å². The van der Waals surface area contributed by atoms with Gasteiger partial charge in [0.05, 0.1) is 11.7 Å². The van der Waals surface area contributed by atoms with Crippen LogP contribution in [0.15, 0.2) is 50.5 Å². The molecule has 3 heterocycles. The van der Waals surface area contributed by atoms with Gasteiger partial charge in [-0.3, -0.25) is 9.79 Å². The number of aromatic nitrogens is 2. The normalized spacial score (nSPS) is 18.5. The van der Waals surface area contributed by atoms with Crippen LogP contribution in [0.1, 0.15) is 50.8 Å². The second-order valence-corrected chi connectivity index (χ2v) is 9.25. The van der Waals surface area contributed by atoms with Crippen LogP contribution >= 0.6 is 27.7 Å². The predicted octanol–water partition coefficient (Wildman–Crippen LogP) is 5.07. The number of hydrogen-bond acceptors (Lipinski definition) is 7. The molecular weight excluding hydrogens is 485 g/mol. The molecule has 1 amide bonds. The average Bonchev–Trinajstić information content (AvgIpc) is 3.07. The van der Waals surface area contributed by atoms with E-state index in [1.165, 1.54) is 30.1 Å². The molecule has 1 aliphatic heterocycles. The predicted molar refractivity (Wildman–Crippen MR) is 122 cm³/mol. The van der Waals surface area contributed by atoms with Gasteiger partial charge >= 0.3 is 0 Å². The molecule has 0 saturated heterocycles. The number of amidine groups is 1. The fraction of sp³-hybridized carbons (Fsp3) is 0.238. The summed E-state index contributed by atoms with van der Waals surface area (Å²) in [6.07, 6.45) is 2.06. The third-order valence-electron chi connectivity index (χ3n) is 4.97. The molecule has 10 heteroatoms. The van der Waals surface area contributed by atoms with Crippen molar-refractivity contribution in [2.24, 2.45) is 10.7 Å². The van der Waals surface area contributed by atoms with E-state index in [1.807, 2.05) is 13.8 Å². The van der Waals surface area contributed by atoms with E-state index in [2.05, 4.69) is 36.4 Å². The quantitative estimate of drug-likeness (QED) is 0.514. The van der Waals surface area contributed by atoms with E-state index in [9.17, 15) is 9.18 Å². The molecule has 0 spiro atoms. The van der Waals surface area contributed by atoms with Crippen molar-refractivity contribution in [3.8, 4) is 0 Å². The number of rotatable bonds is 4. The summed E-state index contributed by atoms with van der Waals surface area (Å²) in [5.41, 5.74) is 8.88. The Kier molecular flexibility index (Phi) is 6.10. The van der Waals surface area contributed by atoms with Crippen LogP contribution < -0.4 is 11.1 Å². The van der Waals surface area contributed by atoms with Crippen LogP contribution in [0.4, 0.5) is 10.1 Å². The fourth-order valence-corrected chi connectivity index (χ4v) is 4.99. The molecule has 160 valence electrons. The van der Waals surface area contributed by atoms with Gasteiger partial charge in [0.15, 0.2) is 5.17 Å². The first-order valence-electron chi connectivity index (χ1n) is 9.47. The lowest BCUT2D eigenvalue weighted by atomic mass is 9.97. The number of benzene rings is 1. The number of carbonyl (C=O) groups is 1. The van der Waals surface area contributed by atoms with Crippen LogP contribution in [0.2, 0.25) is 0 Å². The summed E-state index contributed by atoms with van der Waals surface area (Å²) in [7, 11) is 0. The molecular formula is C21H19BrFN5O2S. The maximum absolute atomic E-state index is 14.7. The molecule has 7 nitrogen and oxygen atoms in total. The van der Waals surface area contributed by atoms with Gasteiger partial charge in [-0.25, -0.2) is 9.37 Å². The lowest BCUT2D eigenvalue weighted by molar-refractivity contribution is 0.102. The number of halogens is 2.